The van der Waals surface area contributed by atoms with E-state index >= 15 is 0 Å². The van der Waals surface area contributed by atoms with E-state index < -0.39 is 21.7 Å². The number of halogens is 2. The highest BCUT2D eigenvalue weighted by atomic mass is 35.5. The number of nitrogens with one attached hydrogen (secondary N) is 2. The lowest BCUT2D eigenvalue weighted by Gasteiger charge is -2.11. The van der Waals surface area contributed by atoms with Gasteiger partial charge in [-0.05, 0) is 36.4 Å². The molecule has 0 saturated heterocycles. The van der Waals surface area contributed by atoms with Crippen molar-refractivity contribution in [1.29, 1.82) is 0 Å². The van der Waals surface area contributed by atoms with Gasteiger partial charge in [0.1, 0.15) is 11.6 Å². The maximum absolute atomic E-state index is 13.1. The van der Waals surface area contributed by atoms with Crippen LogP contribution in [0.4, 0.5) is 4.39 Å². The van der Waals surface area contributed by atoms with Crippen LogP contribution >= 0.6 is 11.6 Å². The van der Waals surface area contributed by atoms with E-state index in [-0.39, 0.29) is 21.2 Å². The monoisotopic (exact) mass is 358 g/mol. The van der Waals surface area contributed by atoms with Gasteiger partial charge in [0.15, 0.2) is 0 Å². The molecule has 23 heavy (non-hydrogen) atoms. The zero-order chi connectivity index (χ0) is 17.0. The van der Waals surface area contributed by atoms with Crippen LogP contribution in [0.2, 0.25) is 5.02 Å². The van der Waals surface area contributed by atoms with Crippen LogP contribution in [-0.2, 0) is 10.0 Å². The summed E-state index contributed by atoms with van der Waals surface area (Å²) in [6.45, 7) is 0. The molecular formula is C14H12ClFN2O4S. The molecule has 0 spiro atoms. The lowest BCUT2D eigenvalue weighted by atomic mass is 10.2. The minimum Gasteiger partial charge on any atom is -0.496 e. The van der Waals surface area contributed by atoms with Crippen molar-refractivity contribution in [2.45, 2.75) is 4.90 Å². The predicted octanol–water partition coefficient (Wildman–Crippen LogP) is 2.11. The fraction of sp³-hybridized carbons (Fsp3) is 0.0714. The van der Waals surface area contributed by atoms with Gasteiger partial charge in [0.2, 0.25) is 0 Å². The van der Waals surface area contributed by atoms with E-state index in [1.165, 1.54) is 37.4 Å². The van der Waals surface area contributed by atoms with Crippen molar-refractivity contribution in [2.24, 2.45) is 0 Å². The summed E-state index contributed by atoms with van der Waals surface area (Å²) in [5.74, 6) is -1.27. The number of ether oxygens (including phenoxy) is 1. The topological polar surface area (TPSA) is 84.5 Å². The Balaban J connectivity index is 2.17. The van der Waals surface area contributed by atoms with Crippen LogP contribution in [0, 0.1) is 5.82 Å². The molecule has 0 saturated carbocycles. The van der Waals surface area contributed by atoms with Crippen LogP contribution in [0.15, 0.2) is 47.4 Å². The first-order chi connectivity index (χ1) is 10.8. The number of amides is 1. The third kappa shape index (κ3) is 4.19. The highest BCUT2D eigenvalue weighted by Crippen LogP contribution is 2.22. The second-order valence-electron chi connectivity index (χ2n) is 4.36. The zero-order valence-electron chi connectivity index (χ0n) is 11.8. The van der Waals surface area contributed by atoms with Gasteiger partial charge >= 0.3 is 0 Å². The molecule has 0 aliphatic carbocycles. The first-order valence-corrected chi connectivity index (χ1v) is 8.11. The largest absolute Gasteiger partial charge is 0.496 e. The van der Waals surface area contributed by atoms with Crippen LogP contribution in [-0.4, -0.2) is 21.4 Å². The quantitative estimate of drug-likeness (QED) is 0.802. The van der Waals surface area contributed by atoms with Crippen molar-refractivity contribution in [3.63, 3.8) is 0 Å². The van der Waals surface area contributed by atoms with Crippen molar-refractivity contribution in [2.75, 3.05) is 7.11 Å². The molecule has 2 rings (SSSR count). The molecule has 0 atom stereocenters. The van der Waals surface area contributed by atoms with Crippen LogP contribution in [0.5, 0.6) is 5.75 Å². The average Bonchev–Trinajstić information content (AvgIpc) is 2.52. The number of hydrogen-bond acceptors (Lipinski definition) is 4. The van der Waals surface area contributed by atoms with E-state index in [1.807, 2.05) is 10.3 Å². The molecule has 1 amide bonds. The normalized spacial score (nSPS) is 11.1. The lowest BCUT2D eigenvalue weighted by molar-refractivity contribution is 0.0942. The Morgan fingerprint density at radius 3 is 2.61 bits per heavy atom. The number of hydrogen-bond donors (Lipinski definition) is 2. The molecule has 0 radical (unpaired) electrons. The van der Waals surface area contributed by atoms with Crippen LogP contribution < -0.4 is 15.0 Å². The number of benzene rings is 2. The second kappa shape index (κ2) is 6.95. The van der Waals surface area contributed by atoms with E-state index in [9.17, 15) is 17.6 Å². The van der Waals surface area contributed by atoms with E-state index in [2.05, 4.69) is 0 Å². The standard InChI is InChI=1S/C14H12ClFN2O4S/c1-22-13-6-5-9(15)7-12(13)14(19)17-18-23(20,21)11-4-2-3-10(16)8-11/h2-8,18H,1H3,(H,17,19). The molecule has 2 aromatic carbocycles. The Labute approximate surface area is 137 Å². The highest BCUT2D eigenvalue weighted by Gasteiger charge is 2.18. The second-order valence-corrected chi connectivity index (χ2v) is 6.48. The number of sulfonamides is 1. The molecule has 9 heteroatoms. The van der Waals surface area contributed by atoms with Gasteiger partial charge in [-0.25, -0.2) is 12.8 Å². The molecule has 122 valence electrons. The molecule has 0 aromatic heterocycles. The molecule has 0 heterocycles. The fourth-order valence-corrected chi connectivity index (χ4v) is 2.77. The molecule has 2 aromatic rings. The Hall–Kier alpha value is -2.16. The molecule has 0 unspecified atom stereocenters. The van der Waals surface area contributed by atoms with Gasteiger partial charge < -0.3 is 4.74 Å². The lowest BCUT2D eigenvalue weighted by Crippen LogP contribution is -2.41. The van der Waals surface area contributed by atoms with Crippen molar-refractivity contribution < 1.29 is 22.3 Å². The minimum absolute atomic E-state index is 0.0435. The Morgan fingerprint density at radius 2 is 1.96 bits per heavy atom. The van der Waals surface area contributed by atoms with Gasteiger partial charge in [-0.2, -0.15) is 0 Å². The van der Waals surface area contributed by atoms with E-state index in [4.69, 9.17) is 16.3 Å². The van der Waals surface area contributed by atoms with E-state index in [1.54, 1.807) is 0 Å². The van der Waals surface area contributed by atoms with E-state index in [0.717, 1.165) is 12.1 Å². The summed E-state index contributed by atoms with van der Waals surface area (Å²) in [6.07, 6.45) is 0. The molecule has 6 nitrogen and oxygen atoms in total. The molecule has 0 fully saturated rings. The summed E-state index contributed by atoms with van der Waals surface area (Å²) in [7, 11) is -2.75. The number of carbonyl (C=O) groups excluding carboxylic acids is 1. The van der Waals surface area contributed by atoms with Gasteiger partial charge in [0, 0.05) is 5.02 Å². The molecule has 0 aliphatic rings. The van der Waals surface area contributed by atoms with Crippen molar-refractivity contribution >= 4 is 27.5 Å². The zero-order valence-corrected chi connectivity index (χ0v) is 13.4. The molecule has 2 N–H and O–H groups in total. The number of carbonyl (C=O) groups is 1. The highest BCUT2D eigenvalue weighted by molar-refractivity contribution is 7.89. The first-order valence-electron chi connectivity index (χ1n) is 6.25. The van der Waals surface area contributed by atoms with Gasteiger partial charge in [0.25, 0.3) is 15.9 Å². The predicted molar refractivity (Wildman–Crippen MR) is 82.2 cm³/mol. The SMILES string of the molecule is COc1ccc(Cl)cc1C(=O)NNS(=O)(=O)c1cccc(F)c1. The summed E-state index contributed by atoms with van der Waals surface area (Å²) in [5.41, 5.74) is 2.06. The van der Waals surface area contributed by atoms with E-state index in [0.29, 0.717) is 0 Å². The smallest absolute Gasteiger partial charge is 0.270 e. The third-order valence-corrected chi connectivity index (χ3v) is 4.29. The van der Waals surface area contributed by atoms with Crippen LogP contribution in [0.3, 0.4) is 0 Å². The Kier molecular flexibility index (Phi) is 5.19. The van der Waals surface area contributed by atoms with Gasteiger partial charge in [-0.1, -0.05) is 17.7 Å². The van der Waals surface area contributed by atoms with Crippen molar-refractivity contribution in [3.05, 3.63) is 58.9 Å². The first kappa shape index (κ1) is 17.2. The Bertz CT molecular complexity index is 842. The maximum atomic E-state index is 13.1. The summed E-state index contributed by atoms with van der Waals surface area (Å²) < 4.78 is 42.1. The van der Waals surface area contributed by atoms with Gasteiger partial charge in [-0.15, -0.1) is 4.83 Å². The average molecular weight is 359 g/mol. The summed E-state index contributed by atoms with van der Waals surface area (Å²) in [5, 5.41) is 0.281. The van der Waals surface area contributed by atoms with Gasteiger partial charge in [-0.3, -0.25) is 10.2 Å². The summed E-state index contributed by atoms with van der Waals surface area (Å²) >= 11 is 5.81. The number of rotatable bonds is 5. The maximum Gasteiger partial charge on any atom is 0.270 e. The van der Waals surface area contributed by atoms with Crippen molar-refractivity contribution in [3.8, 4) is 5.75 Å². The number of methoxy groups -OCH3 is 1. The molecule has 0 aliphatic heterocycles. The summed E-state index contributed by atoms with van der Waals surface area (Å²) in [4.78, 5) is 13.6. The van der Waals surface area contributed by atoms with Crippen molar-refractivity contribution in [1.82, 2.24) is 10.3 Å². The minimum atomic E-state index is -4.11. The van der Waals surface area contributed by atoms with Crippen LogP contribution in [0.1, 0.15) is 10.4 Å². The fourth-order valence-electron chi connectivity index (χ4n) is 1.73. The van der Waals surface area contributed by atoms with Crippen LogP contribution in [0.25, 0.3) is 0 Å². The number of hydrazine groups is 1. The third-order valence-electron chi connectivity index (χ3n) is 2.81. The Morgan fingerprint density at radius 1 is 1.22 bits per heavy atom. The molecular weight excluding hydrogens is 347 g/mol. The summed E-state index contributed by atoms with van der Waals surface area (Å²) in [6, 6.07) is 8.69. The van der Waals surface area contributed by atoms with Gasteiger partial charge in [0.05, 0.1) is 17.6 Å². The molecule has 0 bridgehead atoms.